The molecule has 12 heavy (non-hydrogen) atoms. The van der Waals surface area contributed by atoms with Crippen molar-refractivity contribution >= 4 is 0 Å². The van der Waals surface area contributed by atoms with E-state index < -0.39 is 6.29 Å². The molecule has 70 valence electrons. The van der Waals surface area contributed by atoms with Crippen molar-refractivity contribution in [2.75, 3.05) is 0 Å². The standard InChI is InChI=1S/C10H18O2/c1-7(2)4-5-9-8(3)6-10(11)12-9/h4,8-11H,5-6H2,1-3H3/t8-,9+,10?/m0/s1. The van der Waals surface area contributed by atoms with Crippen LogP contribution in [-0.4, -0.2) is 17.5 Å². The van der Waals surface area contributed by atoms with Crippen LogP contribution in [0.25, 0.3) is 0 Å². The van der Waals surface area contributed by atoms with Gasteiger partial charge in [0.2, 0.25) is 0 Å². The van der Waals surface area contributed by atoms with Crippen molar-refractivity contribution in [2.45, 2.75) is 46.0 Å². The number of aliphatic hydroxyl groups is 1. The molecule has 0 aromatic rings. The van der Waals surface area contributed by atoms with Crippen molar-refractivity contribution in [3.8, 4) is 0 Å². The number of hydrogen-bond donors (Lipinski definition) is 1. The number of aliphatic hydroxyl groups excluding tert-OH is 1. The zero-order chi connectivity index (χ0) is 9.14. The van der Waals surface area contributed by atoms with Crippen molar-refractivity contribution in [2.24, 2.45) is 5.92 Å². The third-order valence-electron chi connectivity index (χ3n) is 2.30. The van der Waals surface area contributed by atoms with Gasteiger partial charge in [0, 0.05) is 6.42 Å². The van der Waals surface area contributed by atoms with Crippen LogP contribution in [0.3, 0.4) is 0 Å². The van der Waals surface area contributed by atoms with E-state index in [2.05, 4.69) is 26.8 Å². The molecule has 1 saturated heterocycles. The molecule has 0 aliphatic carbocycles. The minimum atomic E-state index is -0.532. The van der Waals surface area contributed by atoms with E-state index in [1.807, 2.05) is 0 Å². The maximum atomic E-state index is 9.19. The molecule has 0 amide bonds. The minimum absolute atomic E-state index is 0.217. The smallest absolute Gasteiger partial charge is 0.155 e. The predicted molar refractivity (Wildman–Crippen MR) is 48.7 cm³/mol. The van der Waals surface area contributed by atoms with Crippen LogP contribution in [0, 0.1) is 5.92 Å². The Bertz CT molecular complexity index is 171. The summed E-state index contributed by atoms with van der Waals surface area (Å²) < 4.78 is 5.33. The Morgan fingerprint density at radius 3 is 2.67 bits per heavy atom. The van der Waals surface area contributed by atoms with Crippen molar-refractivity contribution in [1.82, 2.24) is 0 Å². The molecular weight excluding hydrogens is 152 g/mol. The topological polar surface area (TPSA) is 29.5 Å². The summed E-state index contributed by atoms with van der Waals surface area (Å²) in [6.45, 7) is 6.28. The second-order valence-electron chi connectivity index (χ2n) is 3.86. The van der Waals surface area contributed by atoms with Gasteiger partial charge >= 0.3 is 0 Å². The lowest BCUT2D eigenvalue weighted by molar-refractivity contribution is -0.0905. The Labute approximate surface area is 74.2 Å². The second kappa shape index (κ2) is 4.06. The third kappa shape index (κ3) is 2.61. The summed E-state index contributed by atoms with van der Waals surface area (Å²) in [4.78, 5) is 0. The van der Waals surface area contributed by atoms with Crippen molar-refractivity contribution < 1.29 is 9.84 Å². The largest absolute Gasteiger partial charge is 0.368 e. The Balaban J connectivity index is 2.38. The quantitative estimate of drug-likeness (QED) is 0.643. The van der Waals surface area contributed by atoms with Crippen LogP contribution < -0.4 is 0 Å². The SMILES string of the molecule is CC(C)=CC[C@H]1OC(O)C[C@@H]1C. The molecule has 1 unspecified atom stereocenters. The van der Waals surface area contributed by atoms with Gasteiger partial charge in [-0.15, -0.1) is 0 Å². The number of hydrogen-bond acceptors (Lipinski definition) is 2. The molecule has 1 fully saturated rings. The molecule has 2 nitrogen and oxygen atoms in total. The van der Waals surface area contributed by atoms with E-state index in [0.717, 1.165) is 12.8 Å². The normalized spacial score (nSPS) is 35.2. The maximum Gasteiger partial charge on any atom is 0.155 e. The van der Waals surface area contributed by atoms with Gasteiger partial charge in [0.25, 0.3) is 0 Å². The molecule has 1 N–H and O–H groups in total. The third-order valence-corrected chi connectivity index (χ3v) is 2.30. The van der Waals surface area contributed by atoms with Gasteiger partial charge in [-0.1, -0.05) is 18.6 Å². The van der Waals surface area contributed by atoms with E-state index in [4.69, 9.17) is 4.74 Å². The molecule has 0 radical (unpaired) electrons. The minimum Gasteiger partial charge on any atom is -0.368 e. The maximum absolute atomic E-state index is 9.19. The number of rotatable bonds is 2. The van der Waals surface area contributed by atoms with Crippen LogP contribution in [0.15, 0.2) is 11.6 Å². The monoisotopic (exact) mass is 170 g/mol. The van der Waals surface area contributed by atoms with Gasteiger partial charge in [0.15, 0.2) is 6.29 Å². The average Bonchev–Trinajstić information content (AvgIpc) is 2.26. The second-order valence-corrected chi connectivity index (χ2v) is 3.86. The van der Waals surface area contributed by atoms with Gasteiger partial charge in [-0.25, -0.2) is 0 Å². The fourth-order valence-electron chi connectivity index (χ4n) is 1.50. The van der Waals surface area contributed by atoms with E-state index in [1.54, 1.807) is 0 Å². The zero-order valence-corrected chi connectivity index (χ0v) is 8.08. The molecule has 0 spiro atoms. The number of ether oxygens (including phenoxy) is 1. The summed E-state index contributed by atoms with van der Waals surface area (Å²) in [6, 6.07) is 0. The first-order valence-electron chi connectivity index (χ1n) is 4.56. The van der Waals surface area contributed by atoms with Gasteiger partial charge in [-0.3, -0.25) is 0 Å². The van der Waals surface area contributed by atoms with Gasteiger partial charge in [0.05, 0.1) is 6.10 Å². The van der Waals surface area contributed by atoms with Gasteiger partial charge in [-0.2, -0.15) is 0 Å². The van der Waals surface area contributed by atoms with Crippen LogP contribution in [0.1, 0.15) is 33.6 Å². The molecule has 1 rings (SSSR count). The first kappa shape index (κ1) is 9.75. The highest BCUT2D eigenvalue weighted by Crippen LogP contribution is 2.27. The highest BCUT2D eigenvalue weighted by Gasteiger charge is 2.29. The molecule has 0 aromatic carbocycles. The molecule has 3 atom stereocenters. The predicted octanol–water partition coefficient (Wildman–Crippen LogP) is 2.09. The van der Waals surface area contributed by atoms with Crippen molar-refractivity contribution in [3.05, 3.63) is 11.6 Å². The molecule has 1 aliphatic rings. The van der Waals surface area contributed by atoms with Gasteiger partial charge < -0.3 is 9.84 Å². The Hall–Kier alpha value is -0.340. The van der Waals surface area contributed by atoms with Gasteiger partial charge in [0.1, 0.15) is 0 Å². The molecule has 1 heterocycles. The van der Waals surface area contributed by atoms with Crippen LogP contribution in [0.5, 0.6) is 0 Å². The van der Waals surface area contributed by atoms with Crippen molar-refractivity contribution in [3.63, 3.8) is 0 Å². The van der Waals surface area contributed by atoms with Crippen LogP contribution in [-0.2, 0) is 4.74 Å². The first-order valence-corrected chi connectivity index (χ1v) is 4.56. The fraction of sp³-hybridized carbons (Fsp3) is 0.800. The van der Waals surface area contributed by atoms with E-state index in [9.17, 15) is 5.11 Å². The van der Waals surface area contributed by atoms with Crippen LogP contribution >= 0.6 is 0 Å². The lowest BCUT2D eigenvalue weighted by atomic mass is 10.0. The lowest BCUT2D eigenvalue weighted by Crippen LogP contribution is -2.12. The fourth-order valence-corrected chi connectivity index (χ4v) is 1.50. The van der Waals surface area contributed by atoms with E-state index in [0.29, 0.717) is 5.92 Å². The van der Waals surface area contributed by atoms with Crippen LogP contribution in [0.2, 0.25) is 0 Å². The summed E-state index contributed by atoms with van der Waals surface area (Å²) in [5.41, 5.74) is 1.31. The molecule has 1 aliphatic heterocycles. The lowest BCUT2D eigenvalue weighted by Gasteiger charge is -2.11. The van der Waals surface area contributed by atoms with Crippen LogP contribution in [0.4, 0.5) is 0 Å². The summed E-state index contributed by atoms with van der Waals surface area (Å²) in [5, 5.41) is 9.19. The molecular formula is C10H18O2. The summed E-state index contributed by atoms with van der Waals surface area (Å²) in [7, 11) is 0. The summed E-state index contributed by atoms with van der Waals surface area (Å²) in [6.07, 6.45) is 3.56. The van der Waals surface area contributed by atoms with E-state index >= 15 is 0 Å². The van der Waals surface area contributed by atoms with E-state index in [-0.39, 0.29) is 6.10 Å². The van der Waals surface area contributed by atoms with E-state index in [1.165, 1.54) is 5.57 Å². The summed E-state index contributed by atoms with van der Waals surface area (Å²) >= 11 is 0. The average molecular weight is 170 g/mol. The Morgan fingerprint density at radius 2 is 2.25 bits per heavy atom. The Morgan fingerprint density at radius 1 is 1.58 bits per heavy atom. The van der Waals surface area contributed by atoms with Gasteiger partial charge in [-0.05, 0) is 26.2 Å². The highest BCUT2D eigenvalue weighted by atomic mass is 16.6. The van der Waals surface area contributed by atoms with Crippen molar-refractivity contribution in [1.29, 1.82) is 0 Å². The number of allylic oxidation sites excluding steroid dienone is 1. The molecule has 0 aromatic heterocycles. The Kier molecular flexibility index (Phi) is 3.29. The molecule has 2 heteroatoms. The summed E-state index contributed by atoms with van der Waals surface area (Å²) in [5.74, 6) is 0.482. The molecule has 0 saturated carbocycles. The zero-order valence-electron chi connectivity index (χ0n) is 8.08. The first-order chi connectivity index (χ1) is 5.59. The highest BCUT2D eigenvalue weighted by molar-refractivity contribution is 4.95. The molecule has 0 bridgehead atoms.